The van der Waals surface area contributed by atoms with Crippen LogP contribution in [0.5, 0.6) is 0 Å². The van der Waals surface area contributed by atoms with Crippen LogP contribution < -0.4 is 5.32 Å². The fourth-order valence-corrected chi connectivity index (χ4v) is 1.97. The van der Waals surface area contributed by atoms with E-state index in [9.17, 15) is 4.79 Å². The summed E-state index contributed by atoms with van der Waals surface area (Å²) in [6, 6.07) is 9.72. The summed E-state index contributed by atoms with van der Waals surface area (Å²) in [7, 11) is 0. The highest BCUT2D eigenvalue weighted by molar-refractivity contribution is 5.83. The van der Waals surface area contributed by atoms with Crippen molar-refractivity contribution in [3.05, 3.63) is 42.1 Å². The van der Waals surface area contributed by atoms with Crippen LogP contribution in [0, 0.1) is 0 Å². The van der Waals surface area contributed by atoms with E-state index in [0.29, 0.717) is 6.61 Å². The van der Waals surface area contributed by atoms with Crippen molar-refractivity contribution in [3.8, 4) is 0 Å². The van der Waals surface area contributed by atoms with Crippen molar-refractivity contribution >= 4 is 17.0 Å². The van der Waals surface area contributed by atoms with Gasteiger partial charge in [-0.25, -0.2) is 4.79 Å². The number of rotatable bonds is 1. The molecule has 1 aliphatic heterocycles. The number of pyridine rings is 1. The normalized spacial score (nSPS) is 19.5. The van der Waals surface area contributed by atoms with Gasteiger partial charge in [0.15, 0.2) is 0 Å². The smallest absolute Gasteiger partial charge is 0.407 e. The molecule has 4 heteroatoms. The third-order valence-electron chi connectivity index (χ3n) is 2.73. The summed E-state index contributed by atoms with van der Waals surface area (Å²) < 4.78 is 4.90. The number of carbonyl (C=O) groups excluding carboxylic acids is 1. The van der Waals surface area contributed by atoms with Gasteiger partial charge in [-0.1, -0.05) is 18.2 Å². The van der Waals surface area contributed by atoms with E-state index in [1.54, 1.807) is 6.20 Å². The maximum absolute atomic E-state index is 11.0. The number of nitrogens with zero attached hydrogens (tertiary/aromatic N) is 1. The second-order valence-corrected chi connectivity index (χ2v) is 3.71. The first-order chi connectivity index (χ1) is 7.84. The van der Waals surface area contributed by atoms with Gasteiger partial charge in [0.1, 0.15) is 6.61 Å². The van der Waals surface area contributed by atoms with E-state index in [4.69, 9.17) is 4.74 Å². The summed E-state index contributed by atoms with van der Waals surface area (Å²) in [5.41, 5.74) is 1.98. The molecule has 0 spiro atoms. The second-order valence-electron chi connectivity index (χ2n) is 3.71. The summed E-state index contributed by atoms with van der Waals surface area (Å²) in [6.07, 6.45) is 1.40. The SMILES string of the molecule is O=C1N[C@H](c2ccnc3ccccc23)CO1. The molecule has 0 radical (unpaired) electrons. The van der Waals surface area contributed by atoms with E-state index >= 15 is 0 Å². The van der Waals surface area contributed by atoms with Crippen LogP contribution in [0.25, 0.3) is 10.9 Å². The Morgan fingerprint density at radius 1 is 1.31 bits per heavy atom. The number of fused-ring (bicyclic) bond motifs is 1. The Kier molecular flexibility index (Phi) is 1.99. The van der Waals surface area contributed by atoms with Gasteiger partial charge >= 0.3 is 6.09 Å². The highest BCUT2D eigenvalue weighted by Crippen LogP contribution is 2.25. The summed E-state index contributed by atoms with van der Waals surface area (Å²) in [6.45, 7) is 0.382. The maximum Gasteiger partial charge on any atom is 0.407 e. The maximum atomic E-state index is 11.0. The Labute approximate surface area is 92.2 Å². The largest absolute Gasteiger partial charge is 0.447 e. The highest BCUT2D eigenvalue weighted by Gasteiger charge is 2.24. The zero-order valence-corrected chi connectivity index (χ0v) is 8.51. The van der Waals surface area contributed by atoms with Gasteiger partial charge in [-0.3, -0.25) is 4.98 Å². The molecule has 1 aromatic heterocycles. The number of aromatic nitrogens is 1. The van der Waals surface area contributed by atoms with Gasteiger partial charge in [0.2, 0.25) is 0 Å². The molecule has 0 saturated carbocycles. The molecule has 4 nitrogen and oxygen atoms in total. The monoisotopic (exact) mass is 214 g/mol. The van der Waals surface area contributed by atoms with Crippen LogP contribution in [0.15, 0.2) is 36.5 Å². The molecule has 1 fully saturated rings. The quantitative estimate of drug-likeness (QED) is 0.790. The van der Waals surface area contributed by atoms with Gasteiger partial charge in [-0.05, 0) is 17.7 Å². The predicted molar refractivity (Wildman–Crippen MR) is 59.0 cm³/mol. The van der Waals surface area contributed by atoms with Crippen molar-refractivity contribution in [3.63, 3.8) is 0 Å². The number of carbonyl (C=O) groups is 1. The molecule has 0 unspecified atom stereocenters. The topological polar surface area (TPSA) is 51.2 Å². The molecule has 16 heavy (non-hydrogen) atoms. The molecule has 0 aliphatic carbocycles. The Morgan fingerprint density at radius 3 is 3.00 bits per heavy atom. The van der Waals surface area contributed by atoms with E-state index in [1.165, 1.54) is 0 Å². The minimum atomic E-state index is -0.356. The molecule has 2 aromatic rings. The molecule has 80 valence electrons. The van der Waals surface area contributed by atoms with Crippen molar-refractivity contribution < 1.29 is 9.53 Å². The van der Waals surface area contributed by atoms with Gasteiger partial charge in [-0.2, -0.15) is 0 Å². The van der Waals surface area contributed by atoms with E-state index < -0.39 is 0 Å². The standard InChI is InChI=1S/C12H10N2O2/c15-12-14-11(7-16-12)9-5-6-13-10-4-2-1-3-8(9)10/h1-6,11H,7H2,(H,14,15)/t11-/m0/s1. The van der Waals surface area contributed by atoms with Gasteiger partial charge in [0.05, 0.1) is 11.6 Å². The molecule has 3 rings (SSSR count). The molecule has 2 heterocycles. The molecule has 1 amide bonds. The molecular formula is C12H10N2O2. The summed E-state index contributed by atoms with van der Waals surface area (Å²) >= 11 is 0. The van der Waals surface area contributed by atoms with E-state index in [1.807, 2.05) is 30.3 Å². The van der Waals surface area contributed by atoms with Crippen molar-refractivity contribution in [2.75, 3.05) is 6.61 Å². The summed E-state index contributed by atoms with van der Waals surface area (Å²) in [5.74, 6) is 0. The number of nitrogens with one attached hydrogen (secondary N) is 1. The Morgan fingerprint density at radius 2 is 2.19 bits per heavy atom. The Hall–Kier alpha value is -2.10. The van der Waals surface area contributed by atoms with Crippen LogP contribution in [0.4, 0.5) is 4.79 Å². The van der Waals surface area contributed by atoms with E-state index in [-0.39, 0.29) is 12.1 Å². The number of cyclic esters (lactones) is 1. The number of para-hydroxylation sites is 1. The van der Waals surface area contributed by atoms with Crippen LogP contribution >= 0.6 is 0 Å². The average molecular weight is 214 g/mol. The number of benzene rings is 1. The third-order valence-corrected chi connectivity index (χ3v) is 2.73. The minimum absolute atomic E-state index is 0.0691. The van der Waals surface area contributed by atoms with Crippen LogP contribution in [0.3, 0.4) is 0 Å². The van der Waals surface area contributed by atoms with Crippen LogP contribution in [0.1, 0.15) is 11.6 Å². The van der Waals surface area contributed by atoms with E-state index in [0.717, 1.165) is 16.5 Å². The number of hydrogen-bond acceptors (Lipinski definition) is 3. The fraction of sp³-hybridized carbons (Fsp3) is 0.167. The third kappa shape index (κ3) is 1.39. The lowest BCUT2D eigenvalue weighted by molar-refractivity contribution is 0.177. The molecule has 1 saturated heterocycles. The Bertz CT molecular complexity index is 548. The number of ether oxygens (including phenoxy) is 1. The predicted octanol–water partition coefficient (Wildman–Crippen LogP) is 2.02. The van der Waals surface area contributed by atoms with E-state index in [2.05, 4.69) is 10.3 Å². The van der Waals surface area contributed by atoms with Crippen LogP contribution in [-0.4, -0.2) is 17.7 Å². The van der Waals surface area contributed by atoms with Crippen molar-refractivity contribution in [1.82, 2.24) is 10.3 Å². The first-order valence-electron chi connectivity index (χ1n) is 5.11. The highest BCUT2D eigenvalue weighted by atomic mass is 16.6. The molecular weight excluding hydrogens is 204 g/mol. The molecule has 1 atom stereocenters. The molecule has 1 aromatic carbocycles. The number of alkyl carbamates (subject to hydrolysis) is 1. The van der Waals surface area contributed by atoms with Crippen molar-refractivity contribution in [2.24, 2.45) is 0 Å². The second kappa shape index (κ2) is 3.48. The lowest BCUT2D eigenvalue weighted by Gasteiger charge is -2.10. The van der Waals surface area contributed by atoms with Gasteiger partial charge < -0.3 is 10.1 Å². The number of amides is 1. The van der Waals surface area contributed by atoms with Gasteiger partial charge in [0, 0.05) is 11.6 Å². The first-order valence-corrected chi connectivity index (χ1v) is 5.11. The lowest BCUT2D eigenvalue weighted by Crippen LogP contribution is -2.18. The van der Waals surface area contributed by atoms with Crippen molar-refractivity contribution in [2.45, 2.75) is 6.04 Å². The first kappa shape index (κ1) is 9.15. The molecule has 1 aliphatic rings. The average Bonchev–Trinajstić information content (AvgIpc) is 2.75. The van der Waals surface area contributed by atoms with Crippen LogP contribution in [-0.2, 0) is 4.74 Å². The van der Waals surface area contributed by atoms with Gasteiger partial charge in [-0.15, -0.1) is 0 Å². The van der Waals surface area contributed by atoms with Gasteiger partial charge in [0.25, 0.3) is 0 Å². The fourth-order valence-electron chi connectivity index (χ4n) is 1.97. The Balaban J connectivity index is 2.13. The zero-order chi connectivity index (χ0) is 11.0. The van der Waals surface area contributed by atoms with Crippen molar-refractivity contribution in [1.29, 1.82) is 0 Å². The zero-order valence-electron chi connectivity index (χ0n) is 8.51. The summed E-state index contributed by atoms with van der Waals surface area (Å²) in [5, 5.41) is 3.83. The number of hydrogen-bond donors (Lipinski definition) is 1. The van der Waals surface area contributed by atoms with Crippen LogP contribution in [0.2, 0.25) is 0 Å². The summed E-state index contributed by atoms with van der Waals surface area (Å²) in [4.78, 5) is 15.3. The lowest BCUT2D eigenvalue weighted by atomic mass is 10.0. The minimum Gasteiger partial charge on any atom is -0.447 e. The molecule has 0 bridgehead atoms. The molecule has 1 N–H and O–H groups in total.